The Bertz CT molecular complexity index is 1260. The maximum atomic E-state index is 12.9. The molecule has 4 aromatic rings. The van der Waals surface area contributed by atoms with Crippen molar-refractivity contribution in [3.05, 3.63) is 73.1 Å². The predicted octanol–water partition coefficient (Wildman–Crippen LogP) is 5.64. The van der Waals surface area contributed by atoms with Gasteiger partial charge in [0.2, 0.25) is 11.4 Å². The molecular weight excluding hydrogens is 432 g/mol. The number of carbonyl (C=O) groups excluding carboxylic acids is 2. The van der Waals surface area contributed by atoms with Crippen LogP contribution >= 0.6 is 11.8 Å². The number of hydrogen-bond donors (Lipinski definition) is 0. The van der Waals surface area contributed by atoms with Gasteiger partial charge in [-0.05, 0) is 37.5 Å². The molecule has 4 rings (SSSR count). The number of carbonyl (C=O) groups is 2. The molecule has 170 valence electrons. The van der Waals surface area contributed by atoms with E-state index in [2.05, 4.69) is 35.0 Å². The van der Waals surface area contributed by atoms with Crippen molar-refractivity contribution in [2.45, 2.75) is 44.0 Å². The fourth-order valence-electron chi connectivity index (χ4n) is 4.04. The van der Waals surface area contributed by atoms with Crippen LogP contribution in [0.25, 0.3) is 21.8 Å². The topological polar surface area (TPSA) is 52.2 Å². The fraction of sp³-hybridized carbons (Fsp3) is 0.296. The van der Waals surface area contributed by atoms with Gasteiger partial charge in [0.25, 0.3) is 0 Å². The summed E-state index contributed by atoms with van der Waals surface area (Å²) in [7, 11) is 0. The number of aromatic nitrogens is 2. The third-order valence-corrected chi connectivity index (χ3v) is 6.76. The second kappa shape index (κ2) is 11.1. The van der Waals surface area contributed by atoms with E-state index in [0.29, 0.717) is 12.4 Å². The van der Waals surface area contributed by atoms with E-state index in [9.17, 15) is 9.59 Å². The smallest absolute Gasteiger partial charge is 0.302 e. The summed E-state index contributed by atoms with van der Waals surface area (Å²) in [6, 6.07) is 20.4. The van der Waals surface area contributed by atoms with Crippen LogP contribution in [0.1, 0.15) is 37.4 Å². The van der Waals surface area contributed by atoms with Crippen molar-refractivity contribution in [3.8, 4) is 0 Å². The van der Waals surface area contributed by atoms with Crippen LogP contribution in [0, 0.1) is 0 Å². The summed E-state index contributed by atoms with van der Waals surface area (Å²) in [6.45, 7) is 2.89. The monoisotopic (exact) mass is 461 g/mol. The number of para-hydroxylation sites is 2. The second-order valence-corrected chi connectivity index (χ2v) is 9.09. The van der Waals surface area contributed by atoms with E-state index in [-0.39, 0.29) is 11.9 Å². The second-order valence-electron chi connectivity index (χ2n) is 8.07. The molecule has 0 unspecified atom stereocenters. The van der Waals surface area contributed by atoms with Crippen molar-refractivity contribution >= 4 is 45.4 Å². The van der Waals surface area contributed by atoms with Crippen LogP contribution in [-0.2, 0) is 16.1 Å². The molecule has 0 spiro atoms. The molecule has 0 fully saturated rings. The first kappa shape index (κ1) is 23.1. The van der Waals surface area contributed by atoms with Gasteiger partial charge < -0.3 is 4.74 Å². The van der Waals surface area contributed by atoms with Gasteiger partial charge in [0.1, 0.15) is 6.54 Å². The number of nitrogens with zero attached hydrogens (tertiary/aromatic N) is 2. The van der Waals surface area contributed by atoms with Crippen LogP contribution in [0.15, 0.2) is 78.0 Å². The predicted molar refractivity (Wildman–Crippen MR) is 133 cm³/mol. The van der Waals surface area contributed by atoms with Crippen LogP contribution in [0.3, 0.4) is 0 Å². The molecule has 0 N–H and O–H groups in total. The van der Waals surface area contributed by atoms with E-state index in [4.69, 9.17) is 4.74 Å². The Morgan fingerprint density at radius 1 is 0.939 bits per heavy atom. The van der Waals surface area contributed by atoms with Gasteiger partial charge in [0.05, 0.1) is 23.3 Å². The Kier molecular flexibility index (Phi) is 7.79. The maximum absolute atomic E-state index is 12.9. The van der Waals surface area contributed by atoms with Gasteiger partial charge in [-0.15, -0.1) is 11.8 Å². The quantitative estimate of drug-likeness (QED) is 0.133. The summed E-state index contributed by atoms with van der Waals surface area (Å²) in [5, 5.41) is 2.25. The Morgan fingerprint density at radius 3 is 2.61 bits per heavy atom. The molecule has 5 nitrogen and oxygen atoms in total. The molecule has 6 heteroatoms. The molecule has 0 bridgehead atoms. The number of aryl methyl sites for hydroxylation is 1. The van der Waals surface area contributed by atoms with Gasteiger partial charge in [-0.25, -0.2) is 0 Å². The molecular formula is C27H29N2O3S+. The molecule has 33 heavy (non-hydrogen) atoms. The van der Waals surface area contributed by atoms with Crippen molar-refractivity contribution in [3.63, 3.8) is 0 Å². The highest BCUT2D eigenvalue weighted by Gasteiger charge is 2.15. The lowest BCUT2D eigenvalue weighted by Gasteiger charge is -2.08. The van der Waals surface area contributed by atoms with Gasteiger partial charge >= 0.3 is 5.97 Å². The van der Waals surface area contributed by atoms with Crippen LogP contribution in [0.5, 0.6) is 0 Å². The third kappa shape index (κ3) is 5.82. The summed E-state index contributed by atoms with van der Waals surface area (Å²) in [5.41, 5.74) is 2.13. The Hall–Kier alpha value is -3.12. The molecule has 0 radical (unpaired) electrons. The van der Waals surface area contributed by atoms with E-state index in [1.165, 1.54) is 17.8 Å². The Morgan fingerprint density at radius 2 is 1.73 bits per heavy atom. The molecule has 0 atom stereocenters. The summed E-state index contributed by atoms with van der Waals surface area (Å²) in [6.07, 6.45) is 8.11. The van der Waals surface area contributed by atoms with E-state index >= 15 is 0 Å². The van der Waals surface area contributed by atoms with E-state index in [1.54, 1.807) is 16.3 Å². The van der Waals surface area contributed by atoms with Crippen LogP contribution in [0.4, 0.5) is 0 Å². The average Bonchev–Trinajstić information content (AvgIpc) is 3.26. The summed E-state index contributed by atoms with van der Waals surface area (Å²) < 4.78 is 9.02. The van der Waals surface area contributed by atoms with Crippen molar-refractivity contribution in [2.75, 3.05) is 12.4 Å². The first-order valence-corrected chi connectivity index (χ1v) is 12.4. The summed E-state index contributed by atoms with van der Waals surface area (Å²) in [5.74, 6) is 0.254. The minimum atomic E-state index is -0.210. The van der Waals surface area contributed by atoms with Crippen LogP contribution in [-0.4, -0.2) is 28.8 Å². The molecule has 0 amide bonds. The number of pyridine rings is 1. The third-order valence-electron chi connectivity index (χ3n) is 5.70. The van der Waals surface area contributed by atoms with E-state index in [1.807, 2.05) is 42.6 Å². The largest absolute Gasteiger partial charge is 0.466 e. The van der Waals surface area contributed by atoms with Crippen molar-refractivity contribution in [1.82, 2.24) is 4.57 Å². The number of rotatable bonds is 10. The minimum Gasteiger partial charge on any atom is -0.466 e. The molecule has 2 aromatic heterocycles. The molecule has 2 heterocycles. The number of benzene rings is 2. The molecule has 0 saturated carbocycles. The number of thioether (sulfide) groups is 1. The minimum absolute atomic E-state index is 0.0794. The number of esters is 1. The molecule has 0 saturated heterocycles. The molecule has 2 aromatic carbocycles. The highest BCUT2D eigenvalue weighted by Crippen LogP contribution is 2.27. The number of unbranched alkanes of at least 4 members (excludes halogenated alkanes) is 3. The van der Waals surface area contributed by atoms with Gasteiger partial charge in [-0.2, -0.15) is 4.57 Å². The number of fused-ring (bicyclic) bond motifs is 2. The van der Waals surface area contributed by atoms with Crippen molar-refractivity contribution in [2.24, 2.45) is 0 Å². The van der Waals surface area contributed by atoms with Gasteiger partial charge in [-0.3, -0.25) is 14.2 Å². The van der Waals surface area contributed by atoms with Crippen LogP contribution in [0.2, 0.25) is 0 Å². The van der Waals surface area contributed by atoms with Gasteiger partial charge in [-0.1, -0.05) is 30.3 Å². The fourth-order valence-corrected chi connectivity index (χ4v) is 4.95. The SMILES string of the molecule is CC(=O)OCCCCCC[n+]1ccc(SCC(=O)n2ccc3ccccc32)c2ccccc21. The van der Waals surface area contributed by atoms with Crippen LogP contribution < -0.4 is 4.57 Å². The summed E-state index contributed by atoms with van der Waals surface area (Å²) in [4.78, 5) is 24.8. The highest BCUT2D eigenvalue weighted by molar-refractivity contribution is 8.00. The lowest BCUT2D eigenvalue weighted by molar-refractivity contribution is -0.672. The van der Waals surface area contributed by atoms with E-state index < -0.39 is 0 Å². The summed E-state index contributed by atoms with van der Waals surface area (Å²) >= 11 is 1.59. The number of hydrogen-bond acceptors (Lipinski definition) is 4. The zero-order chi connectivity index (χ0) is 23.0. The van der Waals surface area contributed by atoms with E-state index in [0.717, 1.165) is 48.0 Å². The van der Waals surface area contributed by atoms with Crippen molar-refractivity contribution in [1.29, 1.82) is 0 Å². The Balaban J connectivity index is 1.38. The van der Waals surface area contributed by atoms with Gasteiger partial charge in [0, 0.05) is 42.0 Å². The standard InChI is InChI=1S/C27H29N2O3S/c1-21(30)32-19-9-3-2-8-16-28-17-15-26(23-11-5-7-13-25(23)28)33-20-27(31)29-18-14-22-10-4-6-12-24(22)29/h4-7,10-15,17-18H,2-3,8-9,16,19-20H2,1H3/q+1. The normalized spacial score (nSPS) is 11.2. The lowest BCUT2D eigenvalue weighted by atomic mass is 10.1. The number of ether oxygens (including phenoxy) is 1. The van der Waals surface area contributed by atoms with Crippen molar-refractivity contribution < 1.29 is 18.9 Å². The first-order chi connectivity index (χ1) is 16.1. The van der Waals surface area contributed by atoms with Gasteiger partial charge in [0.15, 0.2) is 6.20 Å². The Labute approximate surface area is 198 Å². The highest BCUT2D eigenvalue weighted by atomic mass is 32.2. The molecule has 0 aliphatic rings. The molecule has 0 aliphatic carbocycles. The zero-order valence-electron chi connectivity index (χ0n) is 18.9. The first-order valence-electron chi connectivity index (χ1n) is 11.4. The zero-order valence-corrected chi connectivity index (χ0v) is 19.7. The average molecular weight is 462 g/mol. The lowest BCUT2D eigenvalue weighted by Crippen LogP contribution is -2.34. The molecule has 0 aliphatic heterocycles. The maximum Gasteiger partial charge on any atom is 0.302 e.